The highest BCUT2D eigenvalue weighted by Gasteiger charge is 2.07. The minimum atomic E-state index is -0.298. The van der Waals surface area contributed by atoms with Gasteiger partial charge >= 0.3 is 0 Å². The van der Waals surface area contributed by atoms with E-state index in [9.17, 15) is 4.79 Å². The van der Waals surface area contributed by atoms with Gasteiger partial charge in [0, 0.05) is 18.3 Å². The molecule has 3 aromatic rings. The Morgan fingerprint density at radius 1 is 0.962 bits per heavy atom. The van der Waals surface area contributed by atoms with E-state index in [1.54, 1.807) is 0 Å². The molecule has 0 bridgehead atoms. The van der Waals surface area contributed by atoms with Gasteiger partial charge in [0.05, 0.1) is 12.2 Å². The first-order valence-corrected chi connectivity index (χ1v) is 8.49. The SMILES string of the molecule is Cc1cccc(CNc2nc(CNc3cccc(C)c3)cc(=O)n2N)c1. The highest BCUT2D eigenvalue weighted by atomic mass is 16.1. The molecular formula is C20H23N5O. The van der Waals surface area contributed by atoms with Gasteiger partial charge in [-0.25, -0.2) is 4.98 Å². The zero-order valence-electron chi connectivity index (χ0n) is 15.0. The van der Waals surface area contributed by atoms with Crippen molar-refractivity contribution in [3.05, 3.63) is 87.3 Å². The number of anilines is 2. The van der Waals surface area contributed by atoms with Gasteiger partial charge in [-0.05, 0) is 37.1 Å². The zero-order valence-corrected chi connectivity index (χ0v) is 15.0. The summed E-state index contributed by atoms with van der Waals surface area (Å²) in [5, 5.41) is 6.42. The van der Waals surface area contributed by atoms with Crippen LogP contribution in [0.1, 0.15) is 22.4 Å². The second kappa shape index (κ2) is 7.74. The van der Waals surface area contributed by atoms with Gasteiger partial charge in [-0.2, -0.15) is 4.68 Å². The molecule has 0 aliphatic carbocycles. The van der Waals surface area contributed by atoms with E-state index in [2.05, 4.69) is 21.7 Å². The Balaban J connectivity index is 1.73. The van der Waals surface area contributed by atoms with Crippen molar-refractivity contribution in [1.82, 2.24) is 9.66 Å². The number of hydrogen-bond acceptors (Lipinski definition) is 5. The Kier molecular flexibility index (Phi) is 5.22. The molecule has 134 valence electrons. The summed E-state index contributed by atoms with van der Waals surface area (Å²) in [4.78, 5) is 16.6. The Morgan fingerprint density at radius 3 is 2.42 bits per heavy atom. The molecular weight excluding hydrogens is 326 g/mol. The highest BCUT2D eigenvalue weighted by molar-refractivity contribution is 5.45. The molecule has 0 saturated heterocycles. The number of aryl methyl sites for hydroxylation is 2. The van der Waals surface area contributed by atoms with E-state index in [1.165, 1.54) is 17.2 Å². The van der Waals surface area contributed by atoms with Crippen LogP contribution in [-0.4, -0.2) is 9.66 Å². The van der Waals surface area contributed by atoms with Crippen molar-refractivity contribution in [3.63, 3.8) is 0 Å². The maximum absolute atomic E-state index is 12.1. The largest absolute Gasteiger partial charge is 0.379 e. The fourth-order valence-corrected chi connectivity index (χ4v) is 2.70. The lowest BCUT2D eigenvalue weighted by Crippen LogP contribution is -2.31. The van der Waals surface area contributed by atoms with Crippen LogP contribution in [-0.2, 0) is 13.1 Å². The molecule has 0 radical (unpaired) electrons. The van der Waals surface area contributed by atoms with Crippen LogP contribution in [0.25, 0.3) is 0 Å². The van der Waals surface area contributed by atoms with Crippen LogP contribution in [0.4, 0.5) is 11.6 Å². The lowest BCUT2D eigenvalue weighted by Gasteiger charge is -2.12. The van der Waals surface area contributed by atoms with Gasteiger partial charge in [-0.3, -0.25) is 4.79 Å². The third-order valence-electron chi connectivity index (χ3n) is 4.03. The van der Waals surface area contributed by atoms with Crippen LogP contribution < -0.4 is 22.0 Å². The monoisotopic (exact) mass is 349 g/mol. The fourth-order valence-electron chi connectivity index (χ4n) is 2.70. The number of nitrogens with zero attached hydrogens (tertiary/aromatic N) is 2. The molecule has 0 unspecified atom stereocenters. The van der Waals surface area contributed by atoms with E-state index in [-0.39, 0.29) is 5.56 Å². The summed E-state index contributed by atoms with van der Waals surface area (Å²) in [6.07, 6.45) is 0. The third kappa shape index (κ3) is 4.42. The fraction of sp³-hybridized carbons (Fsp3) is 0.200. The molecule has 1 heterocycles. The molecule has 6 heteroatoms. The third-order valence-corrected chi connectivity index (χ3v) is 4.03. The lowest BCUT2D eigenvalue weighted by atomic mass is 10.1. The van der Waals surface area contributed by atoms with Gasteiger partial charge in [-0.15, -0.1) is 0 Å². The summed E-state index contributed by atoms with van der Waals surface area (Å²) in [7, 11) is 0. The number of rotatable bonds is 6. The summed E-state index contributed by atoms with van der Waals surface area (Å²) < 4.78 is 1.03. The highest BCUT2D eigenvalue weighted by Crippen LogP contribution is 2.11. The van der Waals surface area contributed by atoms with Gasteiger partial charge in [0.15, 0.2) is 0 Å². The van der Waals surface area contributed by atoms with E-state index in [0.717, 1.165) is 15.9 Å². The number of nitrogen functional groups attached to an aromatic ring is 1. The van der Waals surface area contributed by atoms with Crippen molar-refractivity contribution in [2.45, 2.75) is 26.9 Å². The summed E-state index contributed by atoms with van der Waals surface area (Å²) in [5.74, 6) is 6.18. The van der Waals surface area contributed by atoms with E-state index in [0.29, 0.717) is 24.7 Å². The molecule has 0 atom stereocenters. The molecule has 4 N–H and O–H groups in total. The van der Waals surface area contributed by atoms with Crippen molar-refractivity contribution in [2.24, 2.45) is 0 Å². The normalized spacial score (nSPS) is 10.5. The van der Waals surface area contributed by atoms with Crippen molar-refractivity contribution >= 4 is 11.6 Å². The average Bonchev–Trinajstić information content (AvgIpc) is 2.61. The van der Waals surface area contributed by atoms with Crippen LogP contribution in [0, 0.1) is 13.8 Å². The molecule has 1 aromatic heterocycles. The summed E-state index contributed by atoms with van der Waals surface area (Å²) in [6.45, 7) is 5.06. The number of hydrogen-bond donors (Lipinski definition) is 3. The number of nitrogens with one attached hydrogen (secondary N) is 2. The summed E-state index contributed by atoms with van der Waals surface area (Å²) >= 11 is 0. The van der Waals surface area contributed by atoms with Gasteiger partial charge in [0.1, 0.15) is 0 Å². The number of benzene rings is 2. The van der Waals surface area contributed by atoms with E-state index >= 15 is 0 Å². The van der Waals surface area contributed by atoms with Crippen LogP contribution in [0.3, 0.4) is 0 Å². The molecule has 0 amide bonds. The maximum Gasteiger partial charge on any atom is 0.273 e. The van der Waals surface area contributed by atoms with E-state index in [1.807, 2.05) is 56.3 Å². The quantitative estimate of drug-likeness (QED) is 0.596. The second-order valence-corrected chi connectivity index (χ2v) is 6.34. The van der Waals surface area contributed by atoms with Gasteiger partial charge in [0.2, 0.25) is 5.95 Å². The Hall–Kier alpha value is -3.28. The Morgan fingerprint density at radius 2 is 1.69 bits per heavy atom. The molecule has 0 aliphatic rings. The second-order valence-electron chi connectivity index (χ2n) is 6.34. The van der Waals surface area contributed by atoms with Gasteiger partial charge < -0.3 is 16.5 Å². The number of aromatic nitrogens is 2. The predicted molar refractivity (Wildman–Crippen MR) is 106 cm³/mol. The molecule has 0 spiro atoms. The smallest absolute Gasteiger partial charge is 0.273 e. The molecule has 0 fully saturated rings. The van der Waals surface area contributed by atoms with Gasteiger partial charge in [0.25, 0.3) is 5.56 Å². The van der Waals surface area contributed by atoms with Gasteiger partial charge in [-0.1, -0.05) is 42.0 Å². The first kappa shape index (κ1) is 17.5. The number of nitrogens with two attached hydrogens (primary N) is 1. The van der Waals surface area contributed by atoms with Crippen LogP contribution in [0.5, 0.6) is 0 Å². The Labute approximate surface area is 152 Å². The van der Waals surface area contributed by atoms with Crippen LogP contribution >= 0.6 is 0 Å². The first-order chi connectivity index (χ1) is 12.5. The lowest BCUT2D eigenvalue weighted by molar-refractivity contribution is 0.850. The van der Waals surface area contributed by atoms with Crippen molar-refractivity contribution in [3.8, 4) is 0 Å². The first-order valence-electron chi connectivity index (χ1n) is 8.49. The molecule has 26 heavy (non-hydrogen) atoms. The van der Waals surface area contributed by atoms with Crippen molar-refractivity contribution in [1.29, 1.82) is 0 Å². The standard InChI is InChI=1S/C20H23N5O/c1-14-5-3-7-16(9-14)12-23-20-24-18(11-19(26)25(20)21)13-22-17-8-4-6-15(2)10-17/h3-11,22H,12-13,21H2,1-2H3,(H,23,24). The average molecular weight is 349 g/mol. The Bertz CT molecular complexity index is 964. The maximum atomic E-state index is 12.1. The predicted octanol–water partition coefficient (Wildman–Crippen LogP) is 2.80. The molecule has 0 aliphatic heterocycles. The minimum absolute atomic E-state index is 0.298. The van der Waals surface area contributed by atoms with Crippen LogP contribution in [0.15, 0.2) is 59.4 Å². The van der Waals surface area contributed by atoms with Crippen LogP contribution in [0.2, 0.25) is 0 Å². The van der Waals surface area contributed by atoms with Crippen molar-refractivity contribution in [2.75, 3.05) is 16.5 Å². The summed E-state index contributed by atoms with van der Waals surface area (Å²) in [5.41, 5.74) is 4.76. The van der Waals surface area contributed by atoms with E-state index in [4.69, 9.17) is 5.84 Å². The van der Waals surface area contributed by atoms with Crippen molar-refractivity contribution < 1.29 is 0 Å². The summed E-state index contributed by atoms with van der Waals surface area (Å²) in [6, 6.07) is 17.6. The molecule has 0 saturated carbocycles. The topological polar surface area (TPSA) is 85.0 Å². The van der Waals surface area contributed by atoms with E-state index < -0.39 is 0 Å². The molecule has 6 nitrogen and oxygen atoms in total. The molecule has 2 aromatic carbocycles. The zero-order chi connectivity index (χ0) is 18.5. The molecule has 3 rings (SSSR count). The minimum Gasteiger partial charge on any atom is -0.379 e.